The van der Waals surface area contributed by atoms with Crippen LogP contribution in [0.15, 0.2) is 18.2 Å². The van der Waals surface area contributed by atoms with E-state index in [9.17, 15) is 23.9 Å². The quantitative estimate of drug-likeness (QED) is 0.700. The van der Waals surface area contributed by atoms with E-state index in [1.807, 2.05) is 0 Å². The number of nitrogens with one attached hydrogen (secondary N) is 1. The van der Waals surface area contributed by atoms with Crippen LogP contribution in [-0.2, 0) is 9.59 Å². The van der Waals surface area contributed by atoms with E-state index in [4.69, 9.17) is 23.2 Å². The van der Waals surface area contributed by atoms with Crippen LogP contribution in [0, 0.1) is 0 Å². The van der Waals surface area contributed by atoms with E-state index in [2.05, 4.69) is 5.32 Å². The second-order valence-electron chi connectivity index (χ2n) is 7.72. The maximum Gasteiger partial charge on any atom is 0.322 e. The average molecular weight is 475 g/mol. The minimum atomic E-state index is -1.31. The lowest BCUT2D eigenvalue weighted by molar-refractivity contribution is -0.141. The first kappa shape index (κ1) is 23.6. The van der Waals surface area contributed by atoms with Crippen molar-refractivity contribution in [2.45, 2.75) is 38.1 Å². The van der Waals surface area contributed by atoms with Crippen LogP contribution in [0.3, 0.4) is 0 Å². The molecule has 8 nitrogen and oxygen atoms in total. The maximum atomic E-state index is 13.4. The first-order chi connectivity index (χ1) is 14.7. The highest BCUT2D eigenvalue weighted by molar-refractivity contribution is 6.42. The summed E-state index contributed by atoms with van der Waals surface area (Å²) in [7, 11) is 0. The van der Waals surface area contributed by atoms with Crippen molar-refractivity contribution in [1.82, 2.24) is 14.7 Å². The number of hydrogen-bond donors (Lipinski definition) is 2. The molecule has 0 aliphatic carbocycles. The second-order valence-corrected chi connectivity index (χ2v) is 8.53. The third kappa shape index (κ3) is 5.58. The Morgan fingerprint density at radius 1 is 1.23 bits per heavy atom. The molecule has 4 amide bonds. The topological polar surface area (TPSA) is 93.2 Å². The lowest BCUT2D eigenvalue weighted by Crippen LogP contribution is -2.58. The predicted molar refractivity (Wildman–Crippen MR) is 115 cm³/mol. The van der Waals surface area contributed by atoms with Gasteiger partial charge >= 0.3 is 6.03 Å². The van der Waals surface area contributed by atoms with Crippen LogP contribution in [0.5, 0.6) is 0 Å². The van der Waals surface area contributed by atoms with Crippen molar-refractivity contribution >= 4 is 46.7 Å². The number of hydrogen-bond acceptors (Lipinski definition) is 4. The van der Waals surface area contributed by atoms with Gasteiger partial charge in [-0.25, -0.2) is 9.18 Å². The standard InChI is InChI=1S/C20H25Cl2FN4O4/c1-12-19(30)25(7-5-18(29)26-6-4-16(23)17(28)11-26)8-9-27(12)20(31)24-13-2-3-14(21)15(22)10-13/h2-3,10,12,16-17,28H,4-9,11H2,1H3,(H,24,31)/t12-,16-,17-/m0/s1. The number of piperidine rings is 1. The van der Waals surface area contributed by atoms with Gasteiger partial charge in [0.2, 0.25) is 11.8 Å². The minimum Gasteiger partial charge on any atom is -0.388 e. The molecule has 0 bridgehead atoms. The summed E-state index contributed by atoms with van der Waals surface area (Å²) >= 11 is 11.8. The highest BCUT2D eigenvalue weighted by Crippen LogP contribution is 2.25. The zero-order valence-electron chi connectivity index (χ0n) is 17.1. The average Bonchev–Trinajstić information content (AvgIpc) is 2.73. The molecule has 11 heteroatoms. The fourth-order valence-electron chi connectivity index (χ4n) is 3.72. The van der Waals surface area contributed by atoms with E-state index in [0.29, 0.717) is 28.8 Å². The van der Waals surface area contributed by atoms with Crippen molar-refractivity contribution in [3.63, 3.8) is 0 Å². The Labute approximate surface area is 189 Å². The number of carbonyl (C=O) groups is 3. The number of anilines is 1. The van der Waals surface area contributed by atoms with Gasteiger partial charge < -0.3 is 25.1 Å². The molecular weight excluding hydrogens is 450 g/mol. The Kier molecular flexibility index (Phi) is 7.61. The van der Waals surface area contributed by atoms with Gasteiger partial charge in [-0.15, -0.1) is 0 Å². The number of alkyl halides is 1. The summed E-state index contributed by atoms with van der Waals surface area (Å²) in [6.07, 6.45) is -2.29. The van der Waals surface area contributed by atoms with Gasteiger partial charge in [-0.2, -0.15) is 0 Å². The molecule has 1 aromatic rings. The number of piperazine rings is 1. The third-order valence-electron chi connectivity index (χ3n) is 5.63. The summed E-state index contributed by atoms with van der Waals surface area (Å²) in [4.78, 5) is 42.1. The third-order valence-corrected chi connectivity index (χ3v) is 6.37. The van der Waals surface area contributed by atoms with Crippen LogP contribution in [0.4, 0.5) is 14.9 Å². The number of likely N-dealkylation sites (tertiary alicyclic amines) is 1. The van der Waals surface area contributed by atoms with Gasteiger partial charge in [0.1, 0.15) is 18.3 Å². The second kappa shape index (κ2) is 10.0. The summed E-state index contributed by atoms with van der Waals surface area (Å²) in [6, 6.07) is 3.58. The molecule has 3 rings (SSSR count). The van der Waals surface area contributed by atoms with Crippen molar-refractivity contribution in [1.29, 1.82) is 0 Å². The van der Waals surface area contributed by atoms with E-state index < -0.39 is 24.3 Å². The number of aliphatic hydroxyl groups excluding tert-OH is 1. The van der Waals surface area contributed by atoms with Crippen molar-refractivity contribution in [3.05, 3.63) is 28.2 Å². The van der Waals surface area contributed by atoms with Crippen molar-refractivity contribution in [2.75, 3.05) is 38.0 Å². The summed E-state index contributed by atoms with van der Waals surface area (Å²) < 4.78 is 13.4. The van der Waals surface area contributed by atoms with E-state index in [1.165, 1.54) is 15.9 Å². The van der Waals surface area contributed by atoms with Gasteiger partial charge in [0.15, 0.2) is 0 Å². The van der Waals surface area contributed by atoms with Crippen LogP contribution in [0.2, 0.25) is 10.0 Å². The fraction of sp³-hybridized carbons (Fsp3) is 0.550. The number of β-amino-alcohol motifs (C(OH)–C–C–N with tert-alkyl or cyclic N) is 1. The molecule has 0 aromatic heterocycles. The number of rotatable bonds is 4. The zero-order chi connectivity index (χ0) is 22.7. The molecule has 2 fully saturated rings. The minimum absolute atomic E-state index is 0.0347. The highest BCUT2D eigenvalue weighted by Gasteiger charge is 2.35. The van der Waals surface area contributed by atoms with Crippen molar-refractivity contribution in [2.24, 2.45) is 0 Å². The summed E-state index contributed by atoms with van der Waals surface area (Å²) in [5.41, 5.74) is 0.464. The van der Waals surface area contributed by atoms with Crippen molar-refractivity contribution < 1.29 is 23.9 Å². The molecule has 0 radical (unpaired) electrons. The number of carbonyl (C=O) groups excluding carboxylic acids is 3. The summed E-state index contributed by atoms with van der Waals surface area (Å²) in [6.45, 7) is 2.65. The molecule has 0 spiro atoms. The Hall–Kier alpha value is -2.10. The number of urea groups is 1. The molecule has 2 aliphatic heterocycles. The van der Waals surface area contributed by atoms with Gasteiger partial charge in [-0.1, -0.05) is 23.2 Å². The lowest BCUT2D eigenvalue weighted by Gasteiger charge is -2.39. The molecular formula is C20H25Cl2FN4O4. The summed E-state index contributed by atoms with van der Waals surface area (Å²) in [5, 5.41) is 13.0. The number of nitrogens with zero attached hydrogens (tertiary/aromatic N) is 3. The molecule has 170 valence electrons. The van der Waals surface area contributed by atoms with Crippen LogP contribution in [0.25, 0.3) is 0 Å². The lowest BCUT2D eigenvalue weighted by atomic mass is 10.1. The molecule has 2 heterocycles. The normalized spacial score (nSPS) is 24.4. The van der Waals surface area contributed by atoms with Gasteiger partial charge in [0.25, 0.3) is 0 Å². The van der Waals surface area contributed by atoms with Crippen LogP contribution in [0.1, 0.15) is 19.8 Å². The molecule has 2 aliphatic rings. The molecule has 31 heavy (non-hydrogen) atoms. The molecule has 0 saturated carbocycles. The van der Waals surface area contributed by atoms with Crippen LogP contribution >= 0.6 is 23.2 Å². The van der Waals surface area contributed by atoms with E-state index in [1.54, 1.807) is 24.0 Å². The monoisotopic (exact) mass is 474 g/mol. The number of amides is 4. The van der Waals surface area contributed by atoms with E-state index in [-0.39, 0.29) is 44.3 Å². The van der Waals surface area contributed by atoms with Gasteiger partial charge in [0.05, 0.1) is 10.0 Å². The molecule has 1 aromatic carbocycles. The van der Waals surface area contributed by atoms with E-state index >= 15 is 0 Å². The van der Waals surface area contributed by atoms with Gasteiger partial charge in [-0.3, -0.25) is 9.59 Å². The molecule has 0 unspecified atom stereocenters. The Morgan fingerprint density at radius 3 is 2.65 bits per heavy atom. The SMILES string of the molecule is C[C@H]1C(=O)N(CCC(=O)N2CC[C@H](F)[C@@H](O)C2)CCN1C(=O)Nc1ccc(Cl)c(Cl)c1. The number of aliphatic hydroxyl groups is 1. The maximum absolute atomic E-state index is 13.4. The number of benzene rings is 1. The molecule has 2 saturated heterocycles. The first-order valence-electron chi connectivity index (χ1n) is 10.1. The highest BCUT2D eigenvalue weighted by atomic mass is 35.5. The molecule has 2 N–H and O–H groups in total. The largest absolute Gasteiger partial charge is 0.388 e. The predicted octanol–water partition coefficient (Wildman–Crippen LogP) is 2.38. The van der Waals surface area contributed by atoms with Gasteiger partial charge in [0, 0.05) is 44.8 Å². The first-order valence-corrected chi connectivity index (χ1v) is 10.8. The fourth-order valence-corrected chi connectivity index (χ4v) is 4.01. The van der Waals surface area contributed by atoms with Crippen molar-refractivity contribution in [3.8, 4) is 0 Å². The Balaban J connectivity index is 1.51. The van der Waals surface area contributed by atoms with Crippen LogP contribution in [-0.4, -0.2) is 88.7 Å². The Morgan fingerprint density at radius 2 is 1.97 bits per heavy atom. The number of halogens is 3. The van der Waals surface area contributed by atoms with Gasteiger partial charge in [-0.05, 0) is 31.5 Å². The smallest absolute Gasteiger partial charge is 0.322 e. The zero-order valence-corrected chi connectivity index (χ0v) is 18.6. The van der Waals surface area contributed by atoms with E-state index in [0.717, 1.165) is 0 Å². The van der Waals surface area contributed by atoms with Crippen LogP contribution < -0.4 is 5.32 Å². The molecule has 3 atom stereocenters. The summed E-state index contributed by atoms with van der Waals surface area (Å²) in [5.74, 6) is -0.489. The Bertz CT molecular complexity index is 858.